The van der Waals surface area contributed by atoms with Crippen molar-refractivity contribution in [2.45, 2.75) is 12.8 Å². The highest BCUT2D eigenvalue weighted by Crippen LogP contribution is 2.51. The highest BCUT2D eigenvalue weighted by atomic mass is 15.2. The molecule has 0 radical (unpaired) electrons. The molecule has 4 nitrogen and oxygen atoms in total. The van der Waals surface area contributed by atoms with Crippen LogP contribution in [0, 0.1) is 0 Å². The van der Waals surface area contributed by atoms with E-state index in [1.807, 2.05) is 12.3 Å². The third kappa shape index (κ3) is 5.65. The number of hydrogen-bond donors (Lipinski definition) is 0. The van der Waals surface area contributed by atoms with Gasteiger partial charge in [0.1, 0.15) is 0 Å². The van der Waals surface area contributed by atoms with E-state index in [9.17, 15) is 0 Å². The van der Waals surface area contributed by atoms with Crippen LogP contribution in [-0.4, -0.2) is 9.97 Å². The van der Waals surface area contributed by atoms with Gasteiger partial charge < -0.3 is 9.80 Å². The van der Waals surface area contributed by atoms with Gasteiger partial charge in [-0.1, -0.05) is 146 Å². The van der Waals surface area contributed by atoms with Gasteiger partial charge >= 0.3 is 0 Å². The van der Waals surface area contributed by atoms with Gasteiger partial charge in [-0.3, -0.25) is 4.98 Å². The Morgan fingerprint density at radius 3 is 1.41 bits per heavy atom. The molecule has 14 rings (SSSR count). The predicted octanol–water partition coefficient (Wildman–Crippen LogP) is 16.3. The van der Waals surface area contributed by atoms with E-state index in [1.165, 1.54) is 77.7 Å². The molecule has 4 heteroatoms. The van der Waals surface area contributed by atoms with Gasteiger partial charge in [-0.2, -0.15) is 0 Å². The molecular weight excluding hydrogens is 801 g/mol. The summed E-state index contributed by atoms with van der Waals surface area (Å²) in [7, 11) is 0. The summed E-state index contributed by atoms with van der Waals surface area (Å²) in [5.41, 5.74) is 18.6. The summed E-state index contributed by atoms with van der Waals surface area (Å²) < 4.78 is 0. The van der Waals surface area contributed by atoms with E-state index in [4.69, 9.17) is 9.97 Å². The molecule has 66 heavy (non-hydrogen) atoms. The Bertz CT molecular complexity index is 3890. The maximum absolute atomic E-state index is 5.62. The molecule has 0 saturated carbocycles. The highest BCUT2D eigenvalue weighted by Gasteiger charge is 2.28. The number of fused-ring (bicyclic) bond motifs is 10. The minimum atomic E-state index is 0.899. The van der Waals surface area contributed by atoms with Gasteiger partial charge in [0.25, 0.3) is 0 Å². The SMILES string of the molecule is c1ccc2c(c1)Cc1ccccc1N2c1ccc2c(-c3ccc4ccc5cccnc5c4n3)c3cc(N4c5ccccc5Cc5ccccc54)ccc3c(-c3ccc4ccccc4c3)c2c1. The minimum absolute atomic E-state index is 0.899. The van der Waals surface area contributed by atoms with Gasteiger partial charge in [0.2, 0.25) is 0 Å². The van der Waals surface area contributed by atoms with E-state index >= 15 is 0 Å². The number of nitrogens with zero attached hydrogens (tertiary/aromatic N) is 4. The summed E-state index contributed by atoms with van der Waals surface area (Å²) in [5, 5.41) is 9.21. The van der Waals surface area contributed by atoms with Crippen molar-refractivity contribution in [2.24, 2.45) is 0 Å². The fraction of sp³-hybridized carbons (Fsp3) is 0.0323. The number of hydrogen-bond acceptors (Lipinski definition) is 4. The molecule has 308 valence electrons. The normalized spacial score (nSPS) is 13.0. The van der Waals surface area contributed by atoms with Gasteiger partial charge in [-0.25, -0.2) is 4.98 Å². The number of rotatable bonds is 4. The molecule has 0 saturated heterocycles. The quantitative estimate of drug-likeness (QED) is 0.131. The summed E-state index contributed by atoms with van der Waals surface area (Å²) in [5.74, 6) is 0. The van der Waals surface area contributed by atoms with Gasteiger partial charge in [0.15, 0.2) is 0 Å². The van der Waals surface area contributed by atoms with Crippen LogP contribution in [0.1, 0.15) is 22.3 Å². The molecule has 0 atom stereocenters. The fourth-order valence-electron chi connectivity index (χ4n) is 11.0. The van der Waals surface area contributed by atoms with Crippen molar-refractivity contribution in [3.63, 3.8) is 0 Å². The number of anilines is 6. The summed E-state index contributed by atoms with van der Waals surface area (Å²) in [6, 6.07) is 78.1. The van der Waals surface area contributed by atoms with E-state index in [1.54, 1.807) is 0 Å². The van der Waals surface area contributed by atoms with Crippen LogP contribution in [0.15, 0.2) is 219 Å². The number of aromatic nitrogens is 2. The van der Waals surface area contributed by atoms with E-state index in [-0.39, 0.29) is 0 Å². The first-order chi connectivity index (χ1) is 32.7. The Morgan fingerprint density at radius 2 is 0.803 bits per heavy atom. The summed E-state index contributed by atoms with van der Waals surface area (Å²) in [6.07, 6.45) is 3.67. The van der Waals surface area contributed by atoms with E-state index in [2.05, 4.69) is 216 Å². The number of para-hydroxylation sites is 4. The third-order valence-corrected chi connectivity index (χ3v) is 14.0. The zero-order valence-corrected chi connectivity index (χ0v) is 36.0. The maximum Gasteiger partial charge on any atom is 0.0972 e. The molecule has 0 fully saturated rings. The molecule has 0 amide bonds. The van der Waals surface area contributed by atoms with Crippen LogP contribution >= 0.6 is 0 Å². The zero-order valence-electron chi connectivity index (χ0n) is 36.0. The summed E-state index contributed by atoms with van der Waals surface area (Å²) >= 11 is 0. The van der Waals surface area contributed by atoms with Crippen molar-refractivity contribution in [1.29, 1.82) is 0 Å². The molecule has 0 spiro atoms. The average Bonchev–Trinajstić information content (AvgIpc) is 3.38. The van der Waals surface area contributed by atoms with Gasteiger partial charge in [0, 0.05) is 69.5 Å². The molecule has 2 aliphatic heterocycles. The molecule has 0 N–H and O–H groups in total. The second kappa shape index (κ2) is 14.5. The van der Waals surface area contributed by atoms with Crippen molar-refractivity contribution in [2.75, 3.05) is 9.80 Å². The topological polar surface area (TPSA) is 32.3 Å². The second-order valence-electron chi connectivity index (χ2n) is 17.7. The summed E-state index contributed by atoms with van der Waals surface area (Å²) in [4.78, 5) is 15.4. The molecular formula is C62H40N4. The van der Waals surface area contributed by atoms with Crippen LogP contribution < -0.4 is 9.80 Å². The van der Waals surface area contributed by atoms with Crippen LogP contribution in [0.2, 0.25) is 0 Å². The Labute approximate surface area is 382 Å². The molecule has 2 aliphatic rings. The molecule has 10 aromatic carbocycles. The number of benzene rings is 10. The first-order valence-corrected chi connectivity index (χ1v) is 22.8. The standard InChI is InChI=1S/C62H40N4/c1-2-13-42-34-47(26-23-39(42)12-1)59-50-30-28-49(66-57-21-9-5-16-45(57)36-46-17-6-10-22-58(46)66)38-53(50)60(54-32-27-41-25-24-40-18-11-33-63-61(40)62(41)64-54)51-31-29-48(37-52(51)59)65-55-19-7-3-14-43(55)35-44-15-4-8-20-56(44)65/h1-34,37-38H,35-36H2. The van der Waals surface area contributed by atoms with Crippen LogP contribution in [0.5, 0.6) is 0 Å². The Balaban J connectivity index is 1.12. The molecule has 4 heterocycles. The Hall–Kier alpha value is -8.60. The van der Waals surface area contributed by atoms with Crippen LogP contribution in [0.4, 0.5) is 34.1 Å². The molecule has 0 bridgehead atoms. The Morgan fingerprint density at radius 1 is 0.333 bits per heavy atom. The average molecular weight is 841 g/mol. The van der Waals surface area contributed by atoms with Crippen molar-refractivity contribution in [3.05, 3.63) is 241 Å². The minimum Gasteiger partial charge on any atom is -0.310 e. The first kappa shape index (κ1) is 36.8. The fourth-order valence-corrected chi connectivity index (χ4v) is 11.0. The first-order valence-electron chi connectivity index (χ1n) is 22.8. The van der Waals surface area contributed by atoms with E-state index in [0.717, 1.165) is 68.1 Å². The lowest BCUT2D eigenvalue weighted by Crippen LogP contribution is -2.18. The lowest BCUT2D eigenvalue weighted by molar-refractivity contribution is 1.09. The number of pyridine rings is 2. The van der Waals surface area contributed by atoms with Crippen molar-refractivity contribution < 1.29 is 0 Å². The van der Waals surface area contributed by atoms with Crippen LogP contribution in [0.3, 0.4) is 0 Å². The van der Waals surface area contributed by atoms with Gasteiger partial charge in [-0.05, 0) is 132 Å². The molecule has 0 aliphatic carbocycles. The van der Waals surface area contributed by atoms with Gasteiger partial charge in [0.05, 0.1) is 16.7 Å². The van der Waals surface area contributed by atoms with Crippen molar-refractivity contribution in [1.82, 2.24) is 9.97 Å². The van der Waals surface area contributed by atoms with Crippen LogP contribution in [-0.2, 0) is 12.8 Å². The van der Waals surface area contributed by atoms with E-state index in [0.29, 0.717) is 0 Å². The second-order valence-corrected chi connectivity index (χ2v) is 17.7. The molecule has 2 aromatic heterocycles. The lowest BCUT2D eigenvalue weighted by atomic mass is 9.85. The highest BCUT2D eigenvalue weighted by molar-refractivity contribution is 6.23. The Kier molecular flexibility index (Phi) is 8.07. The van der Waals surface area contributed by atoms with Crippen molar-refractivity contribution in [3.8, 4) is 22.4 Å². The third-order valence-electron chi connectivity index (χ3n) is 14.0. The predicted molar refractivity (Wildman–Crippen MR) is 275 cm³/mol. The lowest BCUT2D eigenvalue weighted by Gasteiger charge is -2.34. The smallest absolute Gasteiger partial charge is 0.0972 e. The molecule has 0 unspecified atom stereocenters. The van der Waals surface area contributed by atoms with Gasteiger partial charge in [-0.15, -0.1) is 0 Å². The largest absolute Gasteiger partial charge is 0.310 e. The summed E-state index contributed by atoms with van der Waals surface area (Å²) in [6.45, 7) is 0. The molecule has 12 aromatic rings. The van der Waals surface area contributed by atoms with E-state index < -0.39 is 0 Å². The zero-order chi connectivity index (χ0) is 43.3. The van der Waals surface area contributed by atoms with Crippen LogP contribution in [0.25, 0.3) is 76.5 Å². The maximum atomic E-state index is 5.62. The van der Waals surface area contributed by atoms with Crippen molar-refractivity contribution >= 4 is 88.2 Å². The monoisotopic (exact) mass is 840 g/mol.